The minimum atomic E-state index is -0.623. The number of carbonyl (C=O) groups excluding carboxylic acids is 1. The number of aromatic nitrogens is 1. The SMILES string of the molecule is COc1cc(C(=O)NCC(c2ccccc2Cl)N(C)C)c([N+](=O)[O-])cc1OCc1cscn1. The Hall–Kier alpha value is -3.21. The Bertz CT molecular complexity index is 1120. The van der Waals surface area contributed by atoms with Crippen LogP contribution >= 0.6 is 22.9 Å². The standard InChI is InChI=1S/C22H23ClN4O5S/c1-26(2)19(15-6-4-5-7-17(15)23)10-24-22(28)16-8-20(31-3)21(9-18(16)27(29)30)32-11-14-12-33-13-25-14/h4-9,12-13,19H,10-11H2,1-3H3,(H,24,28). The molecule has 1 aromatic heterocycles. The summed E-state index contributed by atoms with van der Waals surface area (Å²) in [5, 5.41) is 16.9. The van der Waals surface area contributed by atoms with Gasteiger partial charge < -0.3 is 19.7 Å². The summed E-state index contributed by atoms with van der Waals surface area (Å²) < 4.78 is 11.0. The summed E-state index contributed by atoms with van der Waals surface area (Å²) in [5.41, 5.74) is 2.66. The molecular formula is C22H23ClN4O5S. The van der Waals surface area contributed by atoms with Gasteiger partial charge in [-0.15, -0.1) is 11.3 Å². The summed E-state index contributed by atoms with van der Waals surface area (Å²) in [7, 11) is 5.12. The summed E-state index contributed by atoms with van der Waals surface area (Å²) in [6.45, 7) is 0.308. The number of rotatable bonds is 10. The number of hydrogen-bond donors (Lipinski definition) is 1. The lowest BCUT2D eigenvalue weighted by molar-refractivity contribution is -0.385. The van der Waals surface area contributed by atoms with E-state index in [4.69, 9.17) is 21.1 Å². The molecule has 0 spiro atoms. The van der Waals surface area contributed by atoms with Gasteiger partial charge in [0.1, 0.15) is 12.2 Å². The number of benzene rings is 2. The topological polar surface area (TPSA) is 107 Å². The number of nitrogens with zero attached hydrogens (tertiary/aromatic N) is 3. The molecule has 0 saturated carbocycles. The minimum absolute atomic E-state index is 0.116. The molecule has 3 rings (SSSR count). The molecule has 33 heavy (non-hydrogen) atoms. The predicted molar refractivity (Wildman–Crippen MR) is 126 cm³/mol. The molecule has 0 bridgehead atoms. The first-order chi connectivity index (χ1) is 15.8. The number of methoxy groups -OCH3 is 1. The van der Waals surface area contributed by atoms with Gasteiger partial charge in [-0.3, -0.25) is 14.9 Å². The fraction of sp³-hybridized carbons (Fsp3) is 0.273. The van der Waals surface area contributed by atoms with Crippen LogP contribution in [-0.4, -0.2) is 48.5 Å². The van der Waals surface area contributed by atoms with Crippen LogP contribution in [0.1, 0.15) is 27.7 Å². The summed E-state index contributed by atoms with van der Waals surface area (Å²) in [4.78, 5) is 30.1. The maximum absolute atomic E-state index is 13.0. The maximum atomic E-state index is 13.0. The molecular weight excluding hydrogens is 468 g/mol. The molecule has 2 aromatic carbocycles. The molecule has 0 aliphatic carbocycles. The summed E-state index contributed by atoms with van der Waals surface area (Å²) in [6, 6.07) is 9.60. The number of amides is 1. The number of likely N-dealkylation sites (N-methyl/N-ethyl adjacent to an activating group) is 1. The second-order valence-electron chi connectivity index (χ2n) is 7.26. The molecule has 1 N–H and O–H groups in total. The molecule has 1 amide bonds. The highest BCUT2D eigenvalue weighted by Crippen LogP contribution is 2.35. The Morgan fingerprint density at radius 2 is 2.06 bits per heavy atom. The Morgan fingerprint density at radius 1 is 1.30 bits per heavy atom. The lowest BCUT2D eigenvalue weighted by Gasteiger charge is -2.26. The van der Waals surface area contributed by atoms with Crippen molar-refractivity contribution in [2.45, 2.75) is 12.6 Å². The van der Waals surface area contributed by atoms with E-state index in [0.717, 1.165) is 5.56 Å². The average molecular weight is 491 g/mol. The van der Waals surface area contributed by atoms with E-state index in [1.807, 2.05) is 42.6 Å². The van der Waals surface area contributed by atoms with Crippen molar-refractivity contribution in [3.63, 3.8) is 0 Å². The van der Waals surface area contributed by atoms with E-state index in [1.165, 1.54) is 30.6 Å². The highest BCUT2D eigenvalue weighted by molar-refractivity contribution is 7.07. The van der Waals surface area contributed by atoms with Crippen LogP contribution in [0.3, 0.4) is 0 Å². The first kappa shape index (κ1) is 24.4. The molecule has 9 nitrogen and oxygen atoms in total. The number of hydrogen-bond acceptors (Lipinski definition) is 8. The molecule has 0 fully saturated rings. The van der Waals surface area contributed by atoms with Gasteiger partial charge in [0, 0.05) is 23.0 Å². The highest BCUT2D eigenvalue weighted by Gasteiger charge is 2.26. The minimum Gasteiger partial charge on any atom is -0.493 e. The summed E-state index contributed by atoms with van der Waals surface area (Å²) in [5.74, 6) is -0.253. The molecule has 11 heteroatoms. The number of halogens is 1. The smallest absolute Gasteiger partial charge is 0.286 e. The van der Waals surface area contributed by atoms with Crippen LogP contribution in [-0.2, 0) is 6.61 Å². The van der Waals surface area contributed by atoms with Crippen LogP contribution < -0.4 is 14.8 Å². The second-order valence-corrected chi connectivity index (χ2v) is 8.38. The molecule has 0 radical (unpaired) electrons. The van der Waals surface area contributed by atoms with Crippen LogP contribution in [0.15, 0.2) is 47.3 Å². The number of nitrogens with one attached hydrogen (secondary N) is 1. The Morgan fingerprint density at radius 3 is 2.67 bits per heavy atom. The van der Waals surface area contributed by atoms with Crippen molar-refractivity contribution in [2.75, 3.05) is 27.7 Å². The molecule has 0 saturated heterocycles. The van der Waals surface area contributed by atoms with Crippen molar-refractivity contribution in [2.24, 2.45) is 0 Å². The third-order valence-corrected chi connectivity index (χ3v) is 5.91. The van der Waals surface area contributed by atoms with E-state index in [9.17, 15) is 14.9 Å². The zero-order valence-corrected chi connectivity index (χ0v) is 19.9. The van der Waals surface area contributed by atoms with Gasteiger partial charge in [0.15, 0.2) is 11.5 Å². The van der Waals surface area contributed by atoms with Crippen LogP contribution in [0.25, 0.3) is 0 Å². The predicted octanol–water partition coefficient (Wildman–Crippen LogP) is 4.33. The Kier molecular flexibility index (Phi) is 8.21. The molecule has 0 aliphatic heterocycles. The normalized spacial score (nSPS) is 11.8. The van der Waals surface area contributed by atoms with E-state index in [-0.39, 0.29) is 41.9 Å². The summed E-state index contributed by atoms with van der Waals surface area (Å²) in [6.07, 6.45) is 0. The Balaban J connectivity index is 1.83. The van der Waals surface area contributed by atoms with Crippen molar-refractivity contribution in [3.8, 4) is 11.5 Å². The van der Waals surface area contributed by atoms with Gasteiger partial charge in [-0.2, -0.15) is 0 Å². The van der Waals surface area contributed by atoms with Gasteiger partial charge in [-0.25, -0.2) is 4.98 Å². The van der Waals surface area contributed by atoms with E-state index in [0.29, 0.717) is 10.7 Å². The zero-order chi connectivity index (χ0) is 24.0. The van der Waals surface area contributed by atoms with Gasteiger partial charge in [0.25, 0.3) is 11.6 Å². The molecule has 174 valence electrons. The van der Waals surface area contributed by atoms with Crippen molar-refractivity contribution < 1.29 is 19.2 Å². The van der Waals surface area contributed by atoms with E-state index >= 15 is 0 Å². The second kappa shape index (κ2) is 11.1. The van der Waals surface area contributed by atoms with Crippen LogP contribution in [0.4, 0.5) is 5.69 Å². The number of carbonyl (C=O) groups is 1. The fourth-order valence-electron chi connectivity index (χ4n) is 3.22. The van der Waals surface area contributed by atoms with E-state index in [1.54, 1.807) is 11.6 Å². The van der Waals surface area contributed by atoms with Gasteiger partial charge >= 0.3 is 0 Å². The van der Waals surface area contributed by atoms with Crippen LogP contribution in [0, 0.1) is 10.1 Å². The quantitative estimate of drug-likeness (QED) is 0.333. The van der Waals surface area contributed by atoms with Gasteiger partial charge in [0.2, 0.25) is 0 Å². The van der Waals surface area contributed by atoms with Crippen LogP contribution in [0.5, 0.6) is 11.5 Å². The monoisotopic (exact) mass is 490 g/mol. The third-order valence-electron chi connectivity index (χ3n) is 4.93. The van der Waals surface area contributed by atoms with E-state index < -0.39 is 10.8 Å². The highest BCUT2D eigenvalue weighted by atomic mass is 35.5. The van der Waals surface area contributed by atoms with Crippen molar-refractivity contribution in [1.82, 2.24) is 15.2 Å². The number of thiazole rings is 1. The lowest BCUT2D eigenvalue weighted by atomic mass is 10.1. The number of ether oxygens (including phenoxy) is 2. The van der Waals surface area contributed by atoms with Crippen molar-refractivity contribution in [3.05, 3.63) is 79.2 Å². The van der Waals surface area contributed by atoms with Crippen molar-refractivity contribution in [1.29, 1.82) is 0 Å². The van der Waals surface area contributed by atoms with Crippen molar-refractivity contribution >= 4 is 34.5 Å². The first-order valence-electron chi connectivity index (χ1n) is 9.87. The molecule has 1 atom stereocenters. The molecule has 0 aliphatic rings. The van der Waals surface area contributed by atoms with Crippen LogP contribution in [0.2, 0.25) is 5.02 Å². The maximum Gasteiger partial charge on any atom is 0.286 e. The fourth-order valence-corrected chi connectivity index (χ4v) is 4.02. The van der Waals surface area contributed by atoms with Gasteiger partial charge in [-0.05, 0) is 25.7 Å². The summed E-state index contributed by atoms with van der Waals surface area (Å²) >= 11 is 7.74. The zero-order valence-electron chi connectivity index (χ0n) is 18.3. The van der Waals surface area contributed by atoms with E-state index in [2.05, 4.69) is 10.3 Å². The largest absolute Gasteiger partial charge is 0.493 e. The molecule has 1 heterocycles. The Labute approximate surface area is 200 Å². The molecule has 1 unspecified atom stereocenters. The number of nitro benzene ring substituents is 1. The third kappa shape index (κ3) is 5.98. The molecule has 3 aromatic rings. The average Bonchev–Trinajstić information content (AvgIpc) is 3.31. The first-order valence-corrected chi connectivity index (χ1v) is 11.2. The lowest BCUT2D eigenvalue weighted by Crippen LogP contribution is -2.35. The van der Waals surface area contributed by atoms with Gasteiger partial charge in [0.05, 0.1) is 35.3 Å². The van der Waals surface area contributed by atoms with Gasteiger partial charge in [-0.1, -0.05) is 29.8 Å². The number of nitro groups is 1.